The van der Waals surface area contributed by atoms with E-state index >= 15 is 0 Å². The minimum Gasteiger partial charge on any atom is -0.353 e. The maximum atomic E-state index is 11.8. The second-order valence-electron chi connectivity index (χ2n) is 4.60. The maximum absolute atomic E-state index is 11.8. The first kappa shape index (κ1) is 16.7. The summed E-state index contributed by atoms with van der Waals surface area (Å²) in [7, 11) is -3.01. The highest BCUT2D eigenvalue weighted by molar-refractivity contribution is 7.90. The van der Waals surface area contributed by atoms with Gasteiger partial charge in [-0.25, -0.2) is 8.42 Å². The number of piperidine rings is 1. The predicted octanol–water partition coefficient (Wildman–Crippen LogP) is 0.101. The minimum atomic E-state index is -3.01. The molecular weight excluding hydrogens is 264 g/mol. The van der Waals surface area contributed by atoms with Gasteiger partial charge in [0, 0.05) is 12.8 Å². The zero-order valence-electron chi connectivity index (χ0n) is 10.3. The van der Waals surface area contributed by atoms with Crippen LogP contribution >= 0.6 is 12.4 Å². The van der Waals surface area contributed by atoms with E-state index in [9.17, 15) is 13.2 Å². The lowest BCUT2D eigenvalue weighted by molar-refractivity contribution is -0.127. The predicted molar refractivity (Wildman–Crippen MR) is 70.2 cm³/mol. The molecule has 1 aliphatic heterocycles. The van der Waals surface area contributed by atoms with Crippen molar-refractivity contribution in [2.75, 3.05) is 25.1 Å². The molecule has 1 atom stereocenters. The van der Waals surface area contributed by atoms with Crippen LogP contribution in [0, 0.1) is 0 Å². The van der Waals surface area contributed by atoms with Gasteiger partial charge in [0.2, 0.25) is 5.91 Å². The van der Waals surface area contributed by atoms with Gasteiger partial charge >= 0.3 is 0 Å². The Morgan fingerprint density at radius 2 is 2.06 bits per heavy atom. The van der Waals surface area contributed by atoms with Gasteiger partial charge in [0.05, 0.1) is 11.3 Å². The lowest BCUT2D eigenvalue weighted by atomic mass is 9.90. The summed E-state index contributed by atoms with van der Waals surface area (Å²) < 4.78 is 21.8. The number of sulfone groups is 1. The molecule has 102 valence electrons. The van der Waals surface area contributed by atoms with Crippen molar-refractivity contribution >= 4 is 28.2 Å². The number of halogens is 1. The van der Waals surface area contributed by atoms with Gasteiger partial charge in [-0.2, -0.15) is 0 Å². The Morgan fingerprint density at radius 1 is 1.41 bits per heavy atom. The van der Waals surface area contributed by atoms with E-state index in [4.69, 9.17) is 0 Å². The summed E-state index contributed by atoms with van der Waals surface area (Å²) in [6, 6.07) is 0. The average Bonchev–Trinajstić information content (AvgIpc) is 2.16. The normalized spacial score (nSPS) is 24.8. The van der Waals surface area contributed by atoms with Crippen LogP contribution in [0.1, 0.15) is 26.2 Å². The quantitative estimate of drug-likeness (QED) is 0.768. The fraction of sp³-hybridized carbons (Fsp3) is 0.900. The van der Waals surface area contributed by atoms with E-state index in [-0.39, 0.29) is 30.6 Å². The molecule has 0 saturated carbocycles. The zero-order valence-corrected chi connectivity index (χ0v) is 11.9. The first-order chi connectivity index (χ1) is 7.33. The Labute approximate surface area is 109 Å². The molecule has 0 aliphatic carbocycles. The van der Waals surface area contributed by atoms with Crippen LogP contribution in [0.25, 0.3) is 0 Å². The third-order valence-electron chi connectivity index (χ3n) is 2.88. The van der Waals surface area contributed by atoms with Crippen molar-refractivity contribution in [1.82, 2.24) is 10.6 Å². The number of nitrogens with one attached hydrogen (secondary N) is 2. The van der Waals surface area contributed by atoms with Gasteiger partial charge in [-0.1, -0.05) is 0 Å². The lowest BCUT2D eigenvalue weighted by Crippen LogP contribution is -2.57. The summed E-state index contributed by atoms with van der Waals surface area (Å²) in [5.41, 5.74) is -0.532. The summed E-state index contributed by atoms with van der Waals surface area (Å²) in [5.74, 6) is -0.106. The van der Waals surface area contributed by atoms with E-state index in [0.29, 0.717) is 0 Å². The van der Waals surface area contributed by atoms with Gasteiger partial charge in [0.25, 0.3) is 0 Å². The SMILES string of the molecule is CC1(C(=O)NCCS(C)(=O)=O)CCCCN1.Cl. The summed E-state index contributed by atoms with van der Waals surface area (Å²) in [5, 5.41) is 5.85. The van der Waals surface area contributed by atoms with Gasteiger partial charge in [-0.05, 0) is 32.7 Å². The molecule has 0 spiro atoms. The highest BCUT2D eigenvalue weighted by atomic mass is 35.5. The molecule has 0 aromatic rings. The largest absolute Gasteiger partial charge is 0.353 e. The van der Waals surface area contributed by atoms with Crippen molar-refractivity contribution in [3.63, 3.8) is 0 Å². The van der Waals surface area contributed by atoms with E-state index in [2.05, 4.69) is 10.6 Å². The summed E-state index contributed by atoms with van der Waals surface area (Å²) in [6.07, 6.45) is 4.09. The second-order valence-corrected chi connectivity index (χ2v) is 6.86. The van der Waals surface area contributed by atoms with Gasteiger partial charge in [0.1, 0.15) is 9.84 Å². The minimum absolute atomic E-state index is 0. The molecule has 0 aromatic carbocycles. The first-order valence-electron chi connectivity index (χ1n) is 5.55. The molecule has 1 amide bonds. The molecule has 1 saturated heterocycles. The van der Waals surface area contributed by atoms with Crippen LogP contribution in [0.5, 0.6) is 0 Å². The van der Waals surface area contributed by atoms with Crippen LogP contribution in [-0.2, 0) is 14.6 Å². The van der Waals surface area contributed by atoms with Gasteiger partial charge < -0.3 is 10.6 Å². The molecule has 1 unspecified atom stereocenters. The molecule has 0 bridgehead atoms. The van der Waals surface area contributed by atoms with Crippen LogP contribution in [0.3, 0.4) is 0 Å². The van der Waals surface area contributed by atoms with E-state index in [0.717, 1.165) is 25.8 Å². The number of hydrogen-bond donors (Lipinski definition) is 2. The van der Waals surface area contributed by atoms with Crippen LogP contribution in [0.15, 0.2) is 0 Å². The molecule has 0 radical (unpaired) electrons. The van der Waals surface area contributed by atoms with Gasteiger partial charge in [-0.15, -0.1) is 12.4 Å². The molecule has 1 rings (SSSR count). The van der Waals surface area contributed by atoms with Gasteiger partial charge in [-0.3, -0.25) is 4.79 Å². The van der Waals surface area contributed by atoms with Crippen molar-refractivity contribution < 1.29 is 13.2 Å². The number of carbonyl (C=O) groups is 1. The second kappa shape index (κ2) is 6.56. The highest BCUT2D eigenvalue weighted by Gasteiger charge is 2.33. The summed E-state index contributed by atoms with van der Waals surface area (Å²) in [6.45, 7) is 2.90. The molecule has 1 fully saturated rings. The van der Waals surface area contributed by atoms with Crippen LogP contribution in [0.2, 0.25) is 0 Å². The van der Waals surface area contributed by atoms with Crippen molar-refractivity contribution in [1.29, 1.82) is 0 Å². The average molecular weight is 285 g/mol. The molecule has 1 aliphatic rings. The summed E-state index contributed by atoms with van der Waals surface area (Å²) in [4.78, 5) is 11.8. The molecule has 1 heterocycles. The van der Waals surface area contributed by atoms with E-state index in [1.54, 1.807) is 0 Å². The first-order valence-corrected chi connectivity index (χ1v) is 7.61. The van der Waals surface area contributed by atoms with Gasteiger partial charge in [0.15, 0.2) is 0 Å². The standard InChI is InChI=1S/C10H20N2O3S.ClH/c1-10(5-3-4-6-12-10)9(13)11-7-8-16(2,14)15;/h12H,3-8H2,1-2H3,(H,11,13);1H. The zero-order chi connectivity index (χ0) is 12.2. The van der Waals surface area contributed by atoms with Crippen molar-refractivity contribution in [3.8, 4) is 0 Å². The molecule has 5 nitrogen and oxygen atoms in total. The fourth-order valence-electron chi connectivity index (χ4n) is 1.80. The fourth-order valence-corrected chi connectivity index (χ4v) is 2.27. The number of hydrogen-bond acceptors (Lipinski definition) is 4. The molecule has 2 N–H and O–H groups in total. The Kier molecular flexibility index (Phi) is 6.43. The van der Waals surface area contributed by atoms with E-state index in [1.807, 2.05) is 6.92 Å². The number of carbonyl (C=O) groups excluding carboxylic acids is 1. The van der Waals surface area contributed by atoms with Crippen LogP contribution in [0.4, 0.5) is 0 Å². The van der Waals surface area contributed by atoms with Crippen LogP contribution < -0.4 is 10.6 Å². The Bertz CT molecular complexity index is 351. The Balaban J connectivity index is 0.00000256. The highest BCUT2D eigenvalue weighted by Crippen LogP contribution is 2.18. The van der Waals surface area contributed by atoms with Crippen molar-refractivity contribution in [3.05, 3.63) is 0 Å². The summed E-state index contributed by atoms with van der Waals surface area (Å²) >= 11 is 0. The van der Waals surface area contributed by atoms with Crippen molar-refractivity contribution in [2.24, 2.45) is 0 Å². The smallest absolute Gasteiger partial charge is 0.240 e. The van der Waals surface area contributed by atoms with E-state index in [1.165, 1.54) is 6.26 Å². The third kappa shape index (κ3) is 5.70. The lowest BCUT2D eigenvalue weighted by Gasteiger charge is -2.33. The molecular formula is C10H21ClN2O3S. The molecule has 7 heteroatoms. The Morgan fingerprint density at radius 3 is 2.53 bits per heavy atom. The Hall–Kier alpha value is -0.330. The molecule has 0 aromatic heterocycles. The number of amides is 1. The maximum Gasteiger partial charge on any atom is 0.240 e. The van der Waals surface area contributed by atoms with Crippen LogP contribution in [-0.4, -0.2) is 45.0 Å². The third-order valence-corrected chi connectivity index (χ3v) is 3.82. The topological polar surface area (TPSA) is 75.3 Å². The van der Waals surface area contributed by atoms with Crippen molar-refractivity contribution in [2.45, 2.75) is 31.7 Å². The monoisotopic (exact) mass is 284 g/mol. The molecule has 17 heavy (non-hydrogen) atoms. The number of rotatable bonds is 4. The van der Waals surface area contributed by atoms with E-state index < -0.39 is 15.4 Å².